The van der Waals surface area contributed by atoms with E-state index in [-0.39, 0.29) is 5.91 Å². The molecule has 0 atom stereocenters. The van der Waals surface area contributed by atoms with Crippen molar-refractivity contribution in [3.05, 3.63) is 108 Å². The molecular weight excluding hydrogens is 370 g/mol. The van der Waals surface area contributed by atoms with Crippen molar-refractivity contribution in [1.82, 2.24) is 15.3 Å². The monoisotopic (exact) mass is 389 g/mol. The third-order valence-corrected chi connectivity index (χ3v) is 5.24. The van der Waals surface area contributed by atoms with Crippen molar-refractivity contribution in [1.29, 1.82) is 0 Å². The van der Waals surface area contributed by atoms with Gasteiger partial charge in [0.1, 0.15) is 0 Å². The van der Waals surface area contributed by atoms with Crippen LogP contribution in [0, 0.1) is 0 Å². The summed E-state index contributed by atoms with van der Waals surface area (Å²) in [5, 5.41) is 6.24. The minimum Gasteiger partial charge on any atom is -0.348 e. The van der Waals surface area contributed by atoms with Gasteiger partial charge in [-0.25, -0.2) is 4.98 Å². The molecule has 2 aromatic heterocycles. The predicted octanol–water partition coefficient (Wildman–Crippen LogP) is 5.38. The number of hydrogen-bond donors (Lipinski definition) is 1. The lowest BCUT2D eigenvalue weighted by Crippen LogP contribution is -2.23. The summed E-state index contributed by atoms with van der Waals surface area (Å²) in [6.45, 7) is 0.457. The predicted molar refractivity (Wildman–Crippen MR) is 120 cm³/mol. The zero-order chi connectivity index (χ0) is 20.3. The number of pyridine rings is 2. The molecule has 0 radical (unpaired) electrons. The molecule has 3 aromatic carbocycles. The van der Waals surface area contributed by atoms with Gasteiger partial charge in [0, 0.05) is 29.9 Å². The summed E-state index contributed by atoms with van der Waals surface area (Å²) in [5.41, 5.74) is 4.10. The average Bonchev–Trinajstić information content (AvgIpc) is 2.82. The van der Waals surface area contributed by atoms with Crippen LogP contribution in [-0.2, 0) is 6.54 Å². The lowest BCUT2D eigenvalue weighted by Gasteiger charge is -2.12. The van der Waals surface area contributed by atoms with Gasteiger partial charge in [-0.2, -0.15) is 0 Å². The van der Waals surface area contributed by atoms with E-state index < -0.39 is 0 Å². The zero-order valence-corrected chi connectivity index (χ0v) is 16.2. The van der Waals surface area contributed by atoms with Crippen molar-refractivity contribution < 1.29 is 4.79 Å². The fourth-order valence-electron chi connectivity index (χ4n) is 3.74. The number of carbonyl (C=O) groups excluding carboxylic acids is 1. The Balaban J connectivity index is 1.51. The van der Waals surface area contributed by atoms with E-state index in [0.717, 1.165) is 38.5 Å². The van der Waals surface area contributed by atoms with Crippen LogP contribution in [0.1, 0.15) is 15.9 Å². The Labute approximate surface area is 174 Å². The molecule has 0 spiro atoms. The number of rotatable bonds is 4. The lowest BCUT2D eigenvalue weighted by molar-refractivity contribution is 0.0952. The fraction of sp³-hybridized carbons (Fsp3) is 0.0385. The lowest BCUT2D eigenvalue weighted by atomic mass is 10.0. The summed E-state index contributed by atoms with van der Waals surface area (Å²) in [5.74, 6) is -0.119. The fourth-order valence-corrected chi connectivity index (χ4v) is 3.74. The van der Waals surface area contributed by atoms with E-state index in [2.05, 4.69) is 28.5 Å². The third-order valence-electron chi connectivity index (χ3n) is 5.24. The summed E-state index contributed by atoms with van der Waals surface area (Å²) in [6.07, 6.45) is 3.48. The van der Waals surface area contributed by atoms with Crippen molar-refractivity contribution in [3.63, 3.8) is 0 Å². The second-order valence-electron chi connectivity index (χ2n) is 7.13. The number of para-hydroxylation sites is 1. The van der Waals surface area contributed by atoms with Gasteiger partial charge in [0.2, 0.25) is 0 Å². The minimum absolute atomic E-state index is 0.119. The maximum Gasteiger partial charge on any atom is 0.252 e. The summed E-state index contributed by atoms with van der Waals surface area (Å²) < 4.78 is 0. The van der Waals surface area contributed by atoms with Gasteiger partial charge in [-0.1, -0.05) is 60.7 Å². The normalized spacial score (nSPS) is 10.9. The van der Waals surface area contributed by atoms with Gasteiger partial charge >= 0.3 is 0 Å². The van der Waals surface area contributed by atoms with Gasteiger partial charge in [0.15, 0.2) is 0 Å². The average molecular weight is 389 g/mol. The highest BCUT2D eigenvalue weighted by Crippen LogP contribution is 2.25. The van der Waals surface area contributed by atoms with Gasteiger partial charge in [0.05, 0.1) is 16.8 Å². The van der Waals surface area contributed by atoms with E-state index in [1.165, 1.54) is 0 Å². The Morgan fingerprint density at radius 2 is 1.63 bits per heavy atom. The Bertz CT molecular complexity index is 1360. The quantitative estimate of drug-likeness (QED) is 0.449. The number of carbonyl (C=O) groups is 1. The molecule has 0 fully saturated rings. The molecule has 1 amide bonds. The van der Waals surface area contributed by atoms with Crippen molar-refractivity contribution in [2.45, 2.75) is 6.54 Å². The molecule has 0 saturated carbocycles. The molecular formula is C26H19N3O. The van der Waals surface area contributed by atoms with Crippen molar-refractivity contribution >= 4 is 27.6 Å². The molecule has 5 rings (SSSR count). The number of aromatic nitrogens is 2. The molecule has 1 N–H and O–H groups in total. The van der Waals surface area contributed by atoms with Crippen molar-refractivity contribution in [3.8, 4) is 11.3 Å². The van der Waals surface area contributed by atoms with Gasteiger partial charge in [-0.05, 0) is 40.6 Å². The number of amides is 1. The van der Waals surface area contributed by atoms with Crippen LogP contribution in [0.2, 0.25) is 0 Å². The van der Waals surface area contributed by atoms with Crippen LogP contribution in [0.3, 0.4) is 0 Å². The van der Waals surface area contributed by atoms with E-state index >= 15 is 0 Å². The van der Waals surface area contributed by atoms with Gasteiger partial charge in [-0.3, -0.25) is 9.78 Å². The molecule has 5 aromatic rings. The highest BCUT2D eigenvalue weighted by atomic mass is 16.1. The molecule has 0 saturated heterocycles. The SMILES string of the molecule is O=C(NCc1cccc2ccccc12)c1cc(-c2cccnc2)nc2ccccc12. The molecule has 0 bridgehead atoms. The van der Waals surface area contributed by atoms with Crippen LogP contribution in [-0.4, -0.2) is 15.9 Å². The Kier molecular flexibility index (Phi) is 4.66. The van der Waals surface area contributed by atoms with Crippen molar-refractivity contribution in [2.24, 2.45) is 0 Å². The number of benzene rings is 3. The summed E-state index contributed by atoms with van der Waals surface area (Å²) in [7, 11) is 0. The van der Waals surface area contributed by atoms with E-state index in [1.807, 2.05) is 66.7 Å². The molecule has 30 heavy (non-hydrogen) atoms. The molecule has 0 aliphatic carbocycles. The Hall–Kier alpha value is -4.05. The third kappa shape index (κ3) is 3.40. The van der Waals surface area contributed by atoms with Crippen LogP contribution in [0.25, 0.3) is 32.9 Å². The Morgan fingerprint density at radius 1 is 0.833 bits per heavy atom. The van der Waals surface area contributed by atoms with E-state index in [9.17, 15) is 4.79 Å². The highest BCUT2D eigenvalue weighted by Gasteiger charge is 2.14. The zero-order valence-electron chi connectivity index (χ0n) is 16.2. The second kappa shape index (κ2) is 7.76. The Morgan fingerprint density at radius 3 is 2.50 bits per heavy atom. The van der Waals surface area contributed by atoms with Gasteiger partial charge in [-0.15, -0.1) is 0 Å². The topological polar surface area (TPSA) is 54.9 Å². The molecule has 0 aliphatic rings. The van der Waals surface area contributed by atoms with E-state index in [4.69, 9.17) is 4.98 Å². The van der Waals surface area contributed by atoms with Crippen LogP contribution >= 0.6 is 0 Å². The number of hydrogen-bond acceptors (Lipinski definition) is 3. The molecule has 0 unspecified atom stereocenters. The smallest absolute Gasteiger partial charge is 0.252 e. The summed E-state index contributed by atoms with van der Waals surface area (Å²) in [4.78, 5) is 22.1. The maximum absolute atomic E-state index is 13.2. The number of nitrogens with zero attached hydrogens (tertiary/aromatic N) is 2. The van der Waals surface area contributed by atoms with Crippen LogP contribution in [0.4, 0.5) is 0 Å². The molecule has 4 heteroatoms. The first-order valence-corrected chi connectivity index (χ1v) is 9.84. The number of nitrogens with one attached hydrogen (secondary N) is 1. The highest BCUT2D eigenvalue weighted by molar-refractivity contribution is 6.07. The summed E-state index contributed by atoms with van der Waals surface area (Å²) >= 11 is 0. The van der Waals surface area contributed by atoms with Gasteiger partial charge in [0.25, 0.3) is 5.91 Å². The molecule has 0 aliphatic heterocycles. The van der Waals surface area contributed by atoms with Crippen LogP contribution < -0.4 is 5.32 Å². The van der Waals surface area contributed by atoms with Crippen LogP contribution in [0.15, 0.2) is 97.3 Å². The van der Waals surface area contributed by atoms with E-state index in [0.29, 0.717) is 12.1 Å². The standard InChI is InChI=1S/C26H19N3O/c30-26(28-17-19-9-5-8-18-7-1-2-11-21(18)19)23-15-25(20-10-6-14-27-16-20)29-24-13-4-3-12-22(23)24/h1-16H,17H2,(H,28,30). The van der Waals surface area contributed by atoms with E-state index in [1.54, 1.807) is 12.4 Å². The summed E-state index contributed by atoms with van der Waals surface area (Å²) in [6, 6.07) is 27.7. The second-order valence-corrected chi connectivity index (χ2v) is 7.13. The maximum atomic E-state index is 13.2. The van der Waals surface area contributed by atoms with Crippen LogP contribution in [0.5, 0.6) is 0 Å². The first-order chi connectivity index (χ1) is 14.8. The number of fused-ring (bicyclic) bond motifs is 2. The molecule has 144 valence electrons. The first-order valence-electron chi connectivity index (χ1n) is 9.84. The minimum atomic E-state index is -0.119. The van der Waals surface area contributed by atoms with Crippen molar-refractivity contribution in [2.75, 3.05) is 0 Å². The van der Waals surface area contributed by atoms with Gasteiger partial charge < -0.3 is 5.32 Å². The molecule has 2 heterocycles. The largest absolute Gasteiger partial charge is 0.348 e. The first kappa shape index (κ1) is 18.0. The molecule has 4 nitrogen and oxygen atoms in total.